The van der Waals surface area contributed by atoms with Crippen LogP contribution in [-0.4, -0.2) is 30.4 Å². The summed E-state index contributed by atoms with van der Waals surface area (Å²) >= 11 is 0. The standard InChI is InChI=1S/C17H26N2O/c1-13-9-10-16(14(2)11-13)18-17(20)12-19(3)15-7-5-4-6-8-15/h9-11,15H,4-8,12H2,1-3H3,(H,18,20). The first-order chi connectivity index (χ1) is 9.56. The van der Waals surface area contributed by atoms with Crippen LogP contribution >= 0.6 is 0 Å². The fourth-order valence-corrected chi connectivity index (χ4v) is 3.02. The first kappa shape index (κ1) is 15.0. The summed E-state index contributed by atoms with van der Waals surface area (Å²) in [4.78, 5) is 14.4. The Kier molecular flexibility index (Phi) is 5.18. The molecule has 0 spiro atoms. The third-order valence-corrected chi connectivity index (χ3v) is 4.25. The molecule has 110 valence electrons. The van der Waals surface area contributed by atoms with E-state index in [2.05, 4.69) is 30.3 Å². The van der Waals surface area contributed by atoms with Crippen molar-refractivity contribution < 1.29 is 4.79 Å². The zero-order valence-corrected chi connectivity index (χ0v) is 12.9. The van der Waals surface area contributed by atoms with E-state index < -0.39 is 0 Å². The van der Waals surface area contributed by atoms with E-state index in [0.717, 1.165) is 11.3 Å². The minimum atomic E-state index is 0.0880. The van der Waals surface area contributed by atoms with Crippen molar-refractivity contribution in [2.24, 2.45) is 0 Å². The van der Waals surface area contributed by atoms with Crippen LogP contribution in [0.25, 0.3) is 0 Å². The zero-order valence-electron chi connectivity index (χ0n) is 12.9. The van der Waals surface area contributed by atoms with Gasteiger partial charge >= 0.3 is 0 Å². The van der Waals surface area contributed by atoms with Crippen LogP contribution < -0.4 is 5.32 Å². The van der Waals surface area contributed by atoms with Crippen molar-refractivity contribution in [1.82, 2.24) is 4.90 Å². The van der Waals surface area contributed by atoms with Crippen molar-refractivity contribution in [2.45, 2.75) is 52.0 Å². The van der Waals surface area contributed by atoms with E-state index in [-0.39, 0.29) is 5.91 Å². The number of nitrogens with one attached hydrogen (secondary N) is 1. The van der Waals surface area contributed by atoms with Crippen molar-refractivity contribution in [3.05, 3.63) is 29.3 Å². The minimum Gasteiger partial charge on any atom is -0.325 e. The second-order valence-electron chi connectivity index (χ2n) is 6.07. The van der Waals surface area contributed by atoms with Crippen molar-refractivity contribution in [3.8, 4) is 0 Å². The second-order valence-corrected chi connectivity index (χ2v) is 6.07. The Morgan fingerprint density at radius 3 is 2.60 bits per heavy atom. The molecular formula is C17H26N2O. The molecule has 20 heavy (non-hydrogen) atoms. The van der Waals surface area contributed by atoms with Crippen LogP contribution in [0.1, 0.15) is 43.2 Å². The van der Waals surface area contributed by atoms with E-state index in [9.17, 15) is 4.79 Å². The number of hydrogen-bond donors (Lipinski definition) is 1. The average molecular weight is 274 g/mol. The number of amides is 1. The second kappa shape index (κ2) is 6.89. The van der Waals surface area contributed by atoms with Crippen LogP contribution in [0.15, 0.2) is 18.2 Å². The van der Waals surface area contributed by atoms with Crippen LogP contribution in [0.4, 0.5) is 5.69 Å². The molecule has 0 aliphatic heterocycles. The molecule has 1 aliphatic rings. The number of hydrogen-bond acceptors (Lipinski definition) is 2. The monoisotopic (exact) mass is 274 g/mol. The molecule has 1 aromatic carbocycles. The maximum Gasteiger partial charge on any atom is 0.238 e. The molecule has 0 radical (unpaired) electrons. The minimum absolute atomic E-state index is 0.0880. The molecule has 2 rings (SSSR count). The fraction of sp³-hybridized carbons (Fsp3) is 0.588. The van der Waals surface area contributed by atoms with E-state index in [0.29, 0.717) is 12.6 Å². The lowest BCUT2D eigenvalue weighted by atomic mass is 9.94. The van der Waals surface area contributed by atoms with Crippen LogP contribution in [0.3, 0.4) is 0 Å². The summed E-state index contributed by atoms with van der Waals surface area (Å²) in [5.74, 6) is 0.0880. The first-order valence-corrected chi connectivity index (χ1v) is 7.63. The Labute approximate surface area is 122 Å². The van der Waals surface area contributed by atoms with E-state index in [1.54, 1.807) is 0 Å². The van der Waals surface area contributed by atoms with Gasteiger partial charge in [0, 0.05) is 11.7 Å². The van der Waals surface area contributed by atoms with Gasteiger partial charge in [0.05, 0.1) is 6.54 Å². The highest BCUT2D eigenvalue weighted by Gasteiger charge is 2.19. The van der Waals surface area contributed by atoms with Gasteiger partial charge < -0.3 is 5.32 Å². The van der Waals surface area contributed by atoms with Crippen molar-refractivity contribution in [2.75, 3.05) is 18.9 Å². The molecule has 0 saturated heterocycles. The highest BCUT2D eigenvalue weighted by atomic mass is 16.2. The lowest BCUT2D eigenvalue weighted by Gasteiger charge is -2.30. The van der Waals surface area contributed by atoms with Crippen LogP contribution in [-0.2, 0) is 4.79 Å². The van der Waals surface area contributed by atoms with Gasteiger partial charge in [0.15, 0.2) is 0 Å². The first-order valence-electron chi connectivity index (χ1n) is 7.63. The van der Waals surface area contributed by atoms with E-state index >= 15 is 0 Å². The molecule has 1 aliphatic carbocycles. The van der Waals surface area contributed by atoms with Gasteiger partial charge in [0.2, 0.25) is 5.91 Å². The Hall–Kier alpha value is -1.35. The van der Waals surface area contributed by atoms with Crippen molar-refractivity contribution in [1.29, 1.82) is 0 Å². The third-order valence-electron chi connectivity index (χ3n) is 4.25. The molecule has 0 unspecified atom stereocenters. The van der Waals surface area contributed by atoms with E-state index in [4.69, 9.17) is 0 Å². The van der Waals surface area contributed by atoms with E-state index in [1.165, 1.54) is 37.7 Å². The molecule has 0 aromatic heterocycles. The SMILES string of the molecule is Cc1ccc(NC(=O)CN(C)C2CCCCC2)c(C)c1. The van der Waals surface area contributed by atoms with Crippen LogP contribution in [0.5, 0.6) is 0 Å². The number of anilines is 1. The fourth-order valence-electron chi connectivity index (χ4n) is 3.02. The van der Waals surface area contributed by atoms with E-state index in [1.807, 2.05) is 19.1 Å². The predicted octanol–water partition coefficient (Wildman–Crippen LogP) is 3.51. The van der Waals surface area contributed by atoms with Gasteiger partial charge in [-0.05, 0) is 45.4 Å². The molecule has 0 atom stereocenters. The summed E-state index contributed by atoms with van der Waals surface area (Å²) in [6.45, 7) is 4.58. The maximum absolute atomic E-state index is 12.1. The zero-order chi connectivity index (χ0) is 14.5. The van der Waals surface area contributed by atoms with Gasteiger partial charge in [-0.1, -0.05) is 37.0 Å². The number of nitrogens with zero attached hydrogens (tertiary/aromatic N) is 1. The topological polar surface area (TPSA) is 32.3 Å². The number of aryl methyl sites for hydroxylation is 2. The number of carbonyl (C=O) groups is 1. The Morgan fingerprint density at radius 1 is 1.25 bits per heavy atom. The molecule has 1 saturated carbocycles. The molecule has 0 bridgehead atoms. The smallest absolute Gasteiger partial charge is 0.238 e. The van der Waals surface area contributed by atoms with Crippen molar-refractivity contribution >= 4 is 11.6 Å². The predicted molar refractivity (Wildman–Crippen MR) is 84.0 cm³/mol. The van der Waals surface area contributed by atoms with Gasteiger partial charge in [-0.15, -0.1) is 0 Å². The van der Waals surface area contributed by atoms with Gasteiger partial charge in [-0.25, -0.2) is 0 Å². The number of likely N-dealkylation sites (N-methyl/N-ethyl adjacent to an activating group) is 1. The molecule has 0 heterocycles. The normalized spacial score (nSPS) is 16.4. The van der Waals surface area contributed by atoms with Gasteiger partial charge in [-0.2, -0.15) is 0 Å². The summed E-state index contributed by atoms with van der Waals surface area (Å²) in [6, 6.07) is 6.70. The summed E-state index contributed by atoms with van der Waals surface area (Å²) < 4.78 is 0. The van der Waals surface area contributed by atoms with Crippen LogP contribution in [0.2, 0.25) is 0 Å². The average Bonchev–Trinajstić information content (AvgIpc) is 2.43. The largest absolute Gasteiger partial charge is 0.325 e. The molecule has 1 N–H and O–H groups in total. The molecular weight excluding hydrogens is 248 g/mol. The summed E-state index contributed by atoms with van der Waals surface area (Å²) in [5.41, 5.74) is 3.27. The molecule has 3 heteroatoms. The third kappa shape index (κ3) is 4.07. The number of rotatable bonds is 4. The summed E-state index contributed by atoms with van der Waals surface area (Å²) in [5, 5.41) is 3.03. The maximum atomic E-state index is 12.1. The highest BCUT2D eigenvalue weighted by Crippen LogP contribution is 2.21. The summed E-state index contributed by atoms with van der Waals surface area (Å²) in [6.07, 6.45) is 6.40. The number of benzene rings is 1. The Bertz CT molecular complexity index is 464. The highest BCUT2D eigenvalue weighted by molar-refractivity contribution is 5.93. The lowest BCUT2D eigenvalue weighted by Crippen LogP contribution is -2.39. The van der Waals surface area contributed by atoms with Crippen LogP contribution in [0, 0.1) is 13.8 Å². The lowest BCUT2D eigenvalue weighted by molar-refractivity contribution is -0.117. The molecule has 1 fully saturated rings. The summed E-state index contributed by atoms with van der Waals surface area (Å²) in [7, 11) is 2.07. The van der Waals surface area contributed by atoms with Gasteiger partial charge in [0.1, 0.15) is 0 Å². The Morgan fingerprint density at radius 2 is 1.95 bits per heavy atom. The number of carbonyl (C=O) groups excluding carboxylic acids is 1. The molecule has 1 aromatic rings. The quantitative estimate of drug-likeness (QED) is 0.911. The van der Waals surface area contributed by atoms with Gasteiger partial charge in [-0.3, -0.25) is 9.69 Å². The molecule has 3 nitrogen and oxygen atoms in total. The van der Waals surface area contributed by atoms with Gasteiger partial charge in [0.25, 0.3) is 0 Å². The van der Waals surface area contributed by atoms with Crippen molar-refractivity contribution in [3.63, 3.8) is 0 Å². The Balaban J connectivity index is 1.88. The molecule has 1 amide bonds.